The van der Waals surface area contributed by atoms with Crippen LogP contribution < -0.4 is 14.5 Å². The highest BCUT2D eigenvalue weighted by molar-refractivity contribution is 7.14. The predicted octanol–water partition coefficient (Wildman–Crippen LogP) is 6.24. The van der Waals surface area contributed by atoms with Crippen LogP contribution in [0.3, 0.4) is 0 Å². The molecular weight excluding hydrogens is 426 g/mol. The molecule has 0 fully saturated rings. The fraction of sp³-hybridized carbons (Fsp3) is 0.167. The summed E-state index contributed by atoms with van der Waals surface area (Å²) in [5.74, 6) is 1.43. The van der Waals surface area contributed by atoms with E-state index in [0.29, 0.717) is 5.75 Å². The Labute approximate surface area is 189 Å². The Balaban J connectivity index is 1.54. The van der Waals surface area contributed by atoms with Gasteiger partial charge in [-0.3, -0.25) is 0 Å². The molecule has 0 saturated carbocycles. The van der Waals surface area contributed by atoms with E-state index in [9.17, 15) is 0 Å². The second kappa shape index (κ2) is 8.53. The fourth-order valence-corrected chi connectivity index (χ4v) is 5.26. The van der Waals surface area contributed by atoms with Gasteiger partial charge in [0.25, 0.3) is 0 Å². The van der Waals surface area contributed by atoms with Gasteiger partial charge in [-0.15, -0.1) is 22.7 Å². The summed E-state index contributed by atoms with van der Waals surface area (Å²) in [5.41, 5.74) is 4.26. The maximum atomic E-state index is 5.55. The van der Waals surface area contributed by atoms with Gasteiger partial charge in [0.05, 0.1) is 36.5 Å². The fourth-order valence-electron chi connectivity index (χ4n) is 3.71. The molecule has 0 amide bonds. The number of anilines is 1. The van der Waals surface area contributed by atoms with Gasteiger partial charge in [-0.2, -0.15) is 5.10 Å². The second-order valence-electron chi connectivity index (χ2n) is 7.08. The first-order chi connectivity index (χ1) is 15.3. The van der Waals surface area contributed by atoms with Gasteiger partial charge in [0.1, 0.15) is 0 Å². The minimum atomic E-state index is 0.0340. The normalized spacial score (nSPS) is 15.7. The van der Waals surface area contributed by atoms with Crippen LogP contribution in [0.5, 0.6) is 11.5 Å². The van der Waals surface area contributed by atoms with Crippen LogP contribution in [-0.2, 0) is 0 Å². The number of hydrogen-bond acceptors (Lipinski definition) is 7. The highest BCUT2D eigenvalue weighted by Crippen LogP contribution is 2.41. The first-order valence-corrected chi connectivity index (χ1v) is 11.7. The number of hydrogen-bond donors (Lipinski definition) is 0. The molecule has 0 spiro atoms. The van der Waals surface area contributed by atoms with E-state index in [2.05, 4.69) is 41.1 Å². The molecule has 4 aromatic rings. The van der Waals surface area contributed by atoms with Crippen LogP contribution in [0.15, 0.2) is 76.5 Å². The van der Waals surface area contributed by atoms with Crippen molar-refractivity contribution in [2.24, 2.45) is 5.10 Å². The first kappa shape index (κ1) is 19.8. The molecular formula is C24H21N3O2S2. The first-order valence-electron chi connectivity index (χ1n) is 9.90. The standard InChI is InChI=1S/C24H21N3O2S2/c1-28-21-11-10-17(13-22(21)29-2)20-14-18(23-9-6-12-30-23)26-27(20)24-25-19(15-31-24)16-7-4-3-5-8-16/h3-13,15,20H,14H2,1-2H3. The molecule has 2 aromatic heterocycles. The molecule has 5 nitrogen and oxygen atoms in total. The number of methoxy groups -OCH3 is 2. The number of nitrogens with zero attached hydrogens (tertiary/aromatic N) is 3. The molecule has 1 unspecified atom stereocenters. The van der Waals surface area contributed by atoms with Gasteiger partial charge in [-0.25, -0.2) is 9.99 Å². The Morgan fingerprint density at radius 1 is 0.935 bits per heavy atom. The minimum Gasteiger partial charge on any atom is -0.493 e. The number of ether oxygens (including phenoxy) is 2. The van der Waals surface area contributed by atoms with E-state index >= 15 is 0 Å². The number of benzene rings is 2. The lowest BCUT2D eigenvalue weighted by Gasteiger charge is -2.22. The lowest BCUT2D eigenvalue weighted by Crippen LogP contribution is -2.18. The van der Waals surface area contributed by atoms with E-state index in [-0.39, 0.29) is 6.04 Å². The summed E-state index contributed by atoms with van der Waals surface area (Å²) in [6.45, 7) is 0. The zero-order chi connectivity index (χ0) is 21.2. The molecule has 0 aliphatic carbocycles. The van der Waals surface area contributed by atoms with Crippen LogP contribution in [0.1, 0.15) is 22.9 Å². The van der Waals surface area contributed by atoms with Crippen molar-refractivity contribution in [3.63, 3.8) is 0 Å². The zero-order valence-corrected chi connectivity index (χ0v) is 18.8. The van der Waals surface area contributed by atoms with E-state index in [4.69, 9.17) is 19.6 Å². The molecule has 2 aromatic carbocycles. The quantitative estimate of drug-likeness (QED) is 0.351. The van der Waals surface area contributed by atoms with Crippen molar-refractivity contribution in [1.82, 2.24) is 4.98 Å². The van der Waals surface area contributed by atoms with Crippen LogP contribution in [0.2, 0.25) is 0 Å². The lowest BCUT2D eigenvalue weighted by molar-refractivity contribution is 0.354. The summed E-state index contributed by atoms with van der Waals surface area (Å²) in [4.78, 5) is 6.10. The van der Waals surface area contributed by atoms with Crippen LogP contribution in [-0.4, -0.2) is 24.9 Å². The molecule has 156 valence electrons. The number of aromatic nitrogens is 1. The Morgan fingerprint density at radius 3 is 2.52 bits per heavy atom. The molecule has 1 aliphatic rings. The summed E-state index contributed by atoms with van der Waals surface area (Å²) in [6.07, 6.45) is 0.802. The van der Waals surface area contributed by atoms with Crippen LogP contribution in [0.25, 0.3) is 11.3 Å². The van der Waals surface area contributed by atoms with Crippen molar-refractivity contribution in [2.45, 2.75) is 12.5 Å². The molecule has 31 heavy (non-hydrogen) atoms. The van der Waals surface area contributed by atoms with Gasteiger partial charge in [-0.1, -0.05) is 42.5 Å². The molecule has 7 heteroatoms. The van der Waals surface area contributed by atoms with Gasteiger partial charge < -0.3 is 9.47 Å². The zero-order valence-electron chi connectivity index (χ0n) is 17.2. The second-order valence-corrected chi connectivity index (χ2v) is 8.87. The highest BCUT2D eigenvalue weighted by atomic mass is 32.1. The Hall–Kier alpha value is -3.16. The third-order valence-electron chi connectivity index (χ3n) is 5.27. The highest BCUT2D eigenvalue weighted by Gasteiger charge is 2.32. The summed E-state index contributed by atoms with van der Waals surface area (Å²) < 4.78 is 11.0. The number of thiophene rings is 1. The van der Waals surface area contributed by atoms with Crippen molar-refractivity contribution in [1.29, 1.82) is 0 Å². The maximum absolute atomic E-state index is 5.55. The number of rotatable bonds is 6. The van der Waals surface area contributed by atoms with Crippen LogP contribution in [0, 0.1) is 0 Å². The molecule has 5 rings (SSSR count). The average Bonchev–Trinajstić information content (AvgIpc) is 3.59. The maximum Gasteiger partial charge on any atom is 0.207 e. The molecule has 0 N–H and O–H groups in total. The summed E-state index contributed by atoms with van der Waals surface area (Å²) in [6, 6.07) is 20.5. The van der Waals surface area contributed by atoms with Gasteiger partial charge in [-0.05, 0) is 29.1 Å². The minimum absolute atomic E-state index is 0.0340. The molecule has 3 heterocycles. The number of hydrazone groups is 1. The topological polar surface area (TPSA) is 47.0 Å². The van der Waals surface area contributed by atoms with Crippen molar-refractivity contribution < 1.29 is 9.47 Å². The average molecular weight is 448 g/mol. The summed E-state index contributed by atoms with van der Waals surface area (Å²) in [7, 11) is 3.31. The molecule has 0 radical (unpaired) electrons. The molecule has 0 saturated heterocycles. The smallest absolute Gasteiger partial charge is 0.207 e. The molecule has 1 atom stereocenters. The largest absolute Gasteiger partial charge is 0.493 e. The van der Waals surface area contributed by atoms with Gasteiger partial charge in [0.15, 0.2) is 11.5 Å². The van der Waals surface area contributed by atoms with E-state index in [0.717, 1.165) is 39.8 Å². The Kier molecular flexibility index (Phi) is 5.44. The number of thiazole rings is 1. The van der Waals surface area contributed by atoms with E-state index < -0.39 is 0 Å². The SMILES string of the molecule is COc1ccc(C2CC(c3cccs3)=NN2c2nc(-c3ccccc3)cs2)cc1OC. The van der Waals surface area contributed by atoms with Gasteiger partial charge in [0.2, 0.25) is 5.13 Å². The third kappa shape index (κ3) is 3.82. The van der Waals surface area contributed by atoms with Gasteiger partial charge >= 0.3 is 0 Å². The third-order valence-corrected chi connectivity index (χ3v) is 7.02. The lowest BCUT2D eigenvalue weighted by atomic mass is 10.0. The molecule has 0 bridgehead atoms. The van der Waals surface area contributed by atoms with Crippen LogP contribution >= 0.6 is 22.7 Å². The van der Waals surface area contributed by atoms with Crippen LogP contribution in [0.4, 0.5) is 5.13 Å². The van der Waals surface area contributed by atoms with Gasteiger partial charge in [0, 0.05) is 17.4 Å². The monoisotopic (exact) mass is 447 g/mol. The summed E-state index contributed by atoms with van der Waals surface area (Å²) in [5, 5.41) is 12.1. The van der Waals surface area contributed by atoms with Crippen molar-refractivity contribution >= 4 is 33.5 Å². The van der Waals surface area contributed by atoms with Crippen molar-refractivity contribution in [3.8, 4) is 22.8 Å². The summed E-state index contributed by atoms with van der Waals surface area (Å²) >= 11 is 3.32. The molecule has 1 aliphatic heterocycles. The van der Waals surface area contributed by atoms with Crippen molar-refractivity contribution in [3.05, 3.63) is 81.9 Å². The Morgan fingerprint density at radius 2 is 1.77 bits per heavy atom. The van der Waals surface area contributed by atoms with Crippen molar-refractivity contribution in [2.75, 3.05) is 19.2 Å². The Bertz CT molecular complexity index is 1200. The van der Waals surface area contributed by atoms with E-state index in [1.165, 1.54) is 4.88 Å². The van der Waals surface area contributed by atoms with E-state index in [1.54, 1.807) is 36.9 Å². The predicted molar refractivity (Wildman–Crippen MR) is 128 cm³/mol. The van der Waals surface area contributed by atoms with E-state index in [1.807, 2.05) is 35.3 Å².